The first kappa shape index (κ1) is 24.5. The molecule has 6 nitrogen and oxygen atoms in total. The summed E-state index contributed by atoms with van der Waals surface area (Å²) in [6.07, 6.45) is 9.69. The molecular weight excluding hydrogens is 453 g/mol. The number of halogens is 1. The zero-order valence-corrected chi connectivity index (χ0v) is 19.7. The molecule has 0 aromatic carbocycles. The maximum Gasteiger partial charge on any atom is 0.219 e. The lowest BCUT2D eigenvalue weighted by Crippen LogP contribution is -2.50. The van der Waals surface area contributed by atoms with E-state index in [1.54, 1.807) is 6.92 Å². The first-order chi connectivity index (χ1) is 12.7. The number of amides is 1. The van der Waals surface area contributed by atoms with Gasteiger partial charge in [0.05, 0.1) is 0 Å². The zero-order valence-electron chi connectivity index (χ0n) is 17.3. The van der Waals surface area contributed by atoms with E-state index in [2.05, 4.69) is 22.5 Å². The second-order valence-corrected chi connectivity index (χ2v) is 7.68. The molecule has 2 aliphatic rings. The van der Waals surface area contributed by atoms with Crippen molar-refractivity contribution in [2.75, 3.05) is 52.4 Å². The summed E-state index contributed by atoms with van der Waals surface area (Å²) in [4.78, 5) is 20.5. The van der Waals surface area contributed by atoms with Gasteiger partial charge in [-0.1, -0.05) is 32.1 Å². The molecule has 1 amide bonds. The molecule has 0 aromatic rings. The lowest BCUT2D eigenvalue weighted by Gasteiger charge is -2.34. The van der Waals surface area contributed by atoms with Crippen LogP contribution in [-0.4, -0.2) is 74.0 Å². The number of carbonyl (C=O) groups is 1. The molecule has 2 rings (SSSR count). The van der Waals surface area contributed by atoms with Gasteiger partial charge in [0.1, 0.15) is 0 Å². The third-order valence-electron chi connectivity index (χ3n) is 5.65. The van der Waals surface area contributed by atoms with Crippen LogP contribution in [0.4, 0.5) is 0 Å². The fourth-order valence-corrected chi connectivity index (χ4v) is 4.01. The van der Waals surface area contributed by atoms with Gasteiger partial charge in [0.2, 0.25) is 5.91 Å². The number of carbonyl (C=O) groups excluding carboxylic acids is 1. The van der Waals surface area contributed by atoms with Crippen LogP contribution >= 0.6 is 24.0 Å². The molecule has 158 valence electrons. The molecule has 27 heavy (non-hydrogen) atoms. The Labute approximate surface area is 182 Å². The van der Waals surface area contributed by atoms with Gasteiger partial charge in [-0.15, -0.1) is 24.0 Å². The van der Waals surface area contributed by atoms with Crippen molar-refractivity contribution in [3.8, 4) is 0 Å². The lowest BCUT2D eigenvalue weighted by molar-refractivity contribution is -0.130. The highest BCUT2D eigenvalue weighted by Gasteiger charge is 2.18. The first-order valence-electron chi connectivity index (χ1n) is 10.7. The van der Waals surface area contributed by atoms with Crippen molar-refractivity contribution >= 4 is 35.8 Å². The molecule has 1 aliphatic heterocycles. The van der Waals surface area contributed by atoms with Crippen LogP contribution < -0.4 is 10.6 Å². The molecule has 0 atom stereocenters. The van der Waals surface area contributed by atoms with Crippen molar-refractivity contribution in [1.29, 1.82) is 0 Å². The smallest absolute Gasteiger partial charge is 0.219 e. The molecule has 2 N–H and O–H groups in total. The van der Waals surface area contributed by atoms with Gasteiger partial charge in [-0.3, -0.25) is 14.7 Å². The van der Waals surface area contributed by atoms with E-state index in [-0.39, 0.29) is 29.9 Å². The van der Waals surface area contributed by atoms with Crippen molar-refractivity contribution in [2.45, 2.75) is 58.8 Å². The Morgan fingerprint density at radius 3 is 2.41 bits per heavy atom. The highest BCUT2D eigenvalue weighted by atomic mass is 127. The molecule has 0 spiro atoms. The Morgan fingerprint density at radius 1 is 1.07 bits per heavy atom. The van der Waals surface area contributed by atoms with Gasteiger partial charge in [-0.25, -0.2) is 0 Å². The maximum absolute atomic E-state index is 11.4. The number of nitrogens with zero attached hydrogens (tertiary/aromatic N) is 3. The predicted molar refractivity (Wildman–Crippen MR) is 124 cm³/mol. The van der Waals surface area contributed by atoms with Crippen molar-refractivity contribution in [3.05, 3.63) is 0 Å². The molecule has 0 radical (unpaired) electrons. The van der Waals surface area contributed by atoms with Crippen LogP contribution in [0.1, 0.15) is 58.8 Å². The van der Waals surface area contributed by atoms with E-state index in [0.29, 0.717) is 0 Å². The fourth-order valence-electron chi connectivity index (χ4n) is 4.01. The maximum atomic E-state index is 11.4. The van der Waals surface area contributed by atoms with E-state index in [0.717, 1.165) is 64.2 Å². The summed E-state index contributed by atoms with van der Waals surface area (Å²) < 4.78 is 0. The normalized spacial score (nSPS) is 19.5. The Kier molecular flexibility index (Phi) is 13.1. The number of hydrogen-bond acceptors (Lipinski definition) is 3. The van der Waals surface area contributed by atoms with E-state index in [4.69, 9.17) is 4.99 Å². The highest BCUT2D eigenvalue weighted by molar-refractivity contribution is 14.0. The minimum absolute atomic E-state index is 0. The average molecular weight is 493 g/mol. The Hall–Kier alpha value is -0.570. The molecule has 0 aromatic heterocycles. The van der Waals surface area contributed by atoms with Gasteiger partial charge in [0.15, 0.2) is 5.96 Å². The number of hydrogen-bond donors (Lipinski definition) is 2. The van der Waals surface area contributed by atoms with Gasteiger partial charge >= 0.3 is 0 Å². The average Bonchev–Trinajstić information content (AvgIpc) is 2.66. The zero-order chi connectivity index (χ0) is 18.6. The molecule has 1 heterocycles. The third kappa shape index (κ3) is 9.96. The monoisotopic (exact) mass is 493 g/mol. The Balaban J connectivity index is 0.00000364. The number of piperazine rings is 1. The Morgan fingerprint density at radius 2 is 1.78 bits per heavy atom. The van der Waals surface area contributed by atoms with Gasteiger partial charge in [0.25, 0.3) is 0 Å². The van der Waals surface area contributed by atoms with Crippen LogP contribution in [0, 0.1) is 5.92 Å². The van der Waals surface area contributed by atoms with Crippen LogP contribution in [0.25, 0.3) is 0 Å². The van der Waals surface area contributed by atoms with Crippen molar-refractivity contribution in [2.24, 2.45) is 10.9 Å². The molecule has 0 unspecified atom stereocenters. The van der Waals surface area contributed by atoms with Crippen LogP contribution in [0.3, 0.4) is 0 Å². The van der Waals surface area contributed by atoms with Crippen LogP contribution in [0.2, 0.25) is 0 Å². The number of nitrogens with one attached hydrogen (secondary N) is 2. The lowest BCUT2D eigenvalue weighted by atomic mass is 9.86. The number of guanidine groups is 1. The summed E-state index contributed by atoms with van der Waals surface area (Å²) in [5.74, 6) is 2.08. The highest BCUT2D eigenvalue weighted by Crippen LogP contribution is 2.27. The second kappa shape index (κ2) is 14.4. The van der Waals surface area contributed by atoms with Gasteiger partial charge in [0, 0.05) is 59.3 Å². The topological polar surface area (TPSA) is 60.0 Å². The van der Waals surface area contributed by atoms with E-state index >= 15 is 0 Å². The molecule has 0 bridgehead atoms. The SMILES string of the molecule is CCNC(=NCCCC1CCCCC1)NCCN1CCN(C(C)=O)CC1.I. The summed E-state index contributed by atoms with van der Waals surface area (Å²) in [5, 5.41) is 6.81. The Bertz CT molecular complexity index is 432. The summed E-state index contributed by atoms with van der Waals surface area (Å²) in [5.41, 5.74) is 0. The van der Waals surface area contributed by atoms with Crippen LogP contribution in [-0.2, 0) is 4.79 Å². The fraction of sp³-hybridized carbons (Fsp3) is 0.900. The minimum atomic E-state index is 0. The molecular formula is C20H40IN5O. The first-order valence-corrected chi connectivity index (χ1v) is 10.7. The van der Waals surface area contributed by atoms with E-state index < -0.39 is 0 Å². The molecule has 1 saturated carbocycles. The summed E-state index contributed by atoms with van der Waals surface area (Å²) >= 11 is 0. The predicted octanol–water partition coefficient (Wildman–Crippen LogP) is 2.68. The van der Waals surface area contributed by atoms with Crippen LogP contribution in [0.5, 0.6) is 0 Å². The van der Waals surface area contributed by atoms with Crippen molar-refractivity contribution in [1.82, 2.24) is 20.4 Å². The van der Waals surface area contributed by atoms with Crippen molar-refractivity contribution in [3.63, 3.8) is 0 Å². The molecule has 7 heteroatoms. The molecule has 1 saturated heterocycles. The summed E-state index contributed by atoms with van der Waals surface area (Å²) in [6.45, 7) is 11.1. The van der Waals surface area contributed by atoms with Gasteiger partial charge in [-0.2, -0.15) is 0 Å². The van der Waals surface area contributed by atoms with E-state index in [1.807, 2.05) is 4.90 Å². The molecule has 2 fully saturated rings. The third-order valence-corrected chi connectivity index (χ3v) is 5.65. The van der Waals surface area contributed by atoms with Gasteiger partial charge < -0.3 is 15.5 Å². The number of rotatable bonds is 8. The van der Waals surface area contributed by atoms with Crippen molar-refractivity contribution < 1.29 is 4.79 Å². The van der Waals surface area contributed by atoms with Gasteiger partial charge in [-0.05, 0) is 25.7 Å². The quantitative estimate of drug-likeness (QED) is 0.236. The largest absolute Gasteiger partial charge is 0.357 e. The second-order valence-electron chi connectivity index (χ2n) is 7.68. The minimum Gasteiger partial charge on any atom is -0.357 e. The molecule has 1 aliphatic carbocycles. The van der Waals surface area contributed by atoms with E-state index in [9.17, 15) is 4.79 Å². The summed E-state index contributed by atoms with van der Waals surface area (Å²) in [6, 6.07) is 0. The van der Waals surface area contributed by atoms with E-state index in [1.165, 1.54) is 44.9 Å². The standard InChI is InChI=1S/C20H39N5O.HI/c1-3-21-20(22-11-7-10-19-8-5-4-6-9-19)23-12-13-24-14-16-25(17-15-24)18(2)26;/h19H,3-17H2,1-2H3,(H2,21,22,23);1H. The van der Waals surface area contributed by atoms with Crippen LogP contribution in [0.15, 0.2) is 4.99 Å². The number of aliphatic imine (C=N–C) groups is 1. The summed E-state index contributed by atoms with van der Waals surface area (Å²) in [7, 11) is 0.